The van der Waals surface area contributed by atoms with E-state index in [9.17, 15) is 14.0 Å². The molecule has 0 saturated heterocycles. The molecule has 3 aromatic carbocycles. The molecule has 1 aliphatic heterocycles. The molecule has 4 rings (SSSR count). The van der Waals surface area contributed by atoms with Crippen LogP contribution in [0.2, 0.25) is 0 Å². The Balaban J connectivity index is 1.72. The minimum absolute atomic E-state index is 0.0765. The highest BCUT2D eigenvalue weighted by atomic mass is 19.1. The van der Waals surface area contributed by atoms with E-state index in [-0.39, 0.29) is 25.3 Å². The standard InChI is InChI=1S/C31H34FN3O7/c1-38-15-14-34(31(37)22-8-6-7-9-24(22)32)19-30(36)35-26(20-10-13-27(40-3)29(16-20)42-5)18-25(33-35)23-12-11-21(39-2)17-28(23)41-4/h6-13,16-17,26H,14-15,18-19H2,1-5H3/t26-/m0/s1. The number of carbonyl (C=O) groups is 2. The van der Waals surface area contributed by atoms with Crippen molar-refractivity contribution in [3.05, 3.63) is 83.2 Å². The van der Waals surface area contributed by atoms with Gasteiger partial charge >= 0.3 is 0 Å². The van der Waals surface area contributed by atoms with Crippen molar-refractivity contribution in [2.45, 2.75) is 12.5 Å². The first-order valence-corrected chi connectivity index (χ1v) is 13.2. The molecule has 0 aromatic heterocycles. The highest BCUT2D eigenvalue weighted by molar-refractivity contribution is 6.05. The summed E-state index contributed by atoms with van der Waals surface area (Å²) in [5.41, 5.74) is 1.91. The lowest BCUT2D eigenvalue weighted by Crippen LogP contribution is -2.43. The molecule has 10 nitrogen and oxygen atoms in total. The Hall–Kier alpha value is -4.64. The van der Waals surface area contributed by atoms with E-state index < -0.39 is 23.7 Å². The van der Waals surface area contributed by atoms with Crippen LogP contribution >= 0.6 is 0 Å². The fourth-order valence-corrected chi connectivity index (χ4v) is 4.75. The number of halogens is 1. The van der Waals surface area contributed by atoms with Crippen molar-refractivity contribution >= 4 is 17.5 Å². The number of rotatable bonds is 12. The van der Waals surface area contributed by atoms with E-state index in [0.29, 0.717) is 40.7 Å². The van der Waals surface area contributed by atoms with Crippen molar-refractivity contribution in [3.8, 4) is 23.0 Å². The molecule has 42 heavy (non-hydrogen) atoms. The number of methoxy groups -OCH3 is 5. The van der Waals surface area contributed by atoms with Crippen molar-refractivity contribution in [2.75, 3.05) is 55.2 Å². The van der Waals surface area contributed by atoms with Crippen molar-refractivity contribution in [3.63, 3.8) is 0 Å². The van der Waals surface area contributed by atoms with E-state index in [1.165, 1.54) is 42.3 Å². The molecule has 2 amide bonds. The van der Waals surface area contributed by atoms with Gasteiger partial charge in [0.05, 0.1) is 52.4 Å². The minimum atomic E-state index is -0.673. The SMILES string of the molecule is COCCN(CC(=O)N1N=C(c2ccc(OC)cc2OC)C[C@H]1c1ccc(OC)c(OC)c1)C(=O)c1ccccc1F. The van der Waals surface area contributed by atoms with Gasteiger partial charge in [0, 0.05) is 31.7 Å². The van der Waals surface area contributed by atoms with Gasteiger partial charge in [-0.05, 0) is 42.0 Å². The molecule has 1 aliphatic rings. The van der Waals surface area contributed by atoms with Crippen LogP contribution in [-0.2, 0) is 9.53 Å². The van der Waals surface area contributed by atoms with E-state index in [4.69, 9.17) is 28.8 Å². The van der Waals surface area contributed by atoms with E-state index in [1.807, 2.05) is 12.1 Å². The molecular formula is C31H34FN3O7. The Bertz CT molecular complexity index is 1460. The molecule has 0 unspecified atom stereocenters. The number of carbonyl (C=O) groups excluding carboxylic acids is 2. The number of hydrogen-bond acceptors (Lipinski definition) is 8. The van der Waals surface area contributed by atoms with Crippen LogP contribution in [0.3, 0.4) is 0 Å². The largest absolute Gasteiger partial charge is 0.497 e. The zero-order chi connectivity index (χ0) is 30.2. The van der Waals surface area contributed by atoms with Gasteiger partial charge in [-0.1, -0.05) is 18.2 Å². The van der Waals surface area contributed by atoms with Crippen LogP contribution in [0.1, 0.15) is 33.9 Å². The highest BCUT2D eigenvalue weighted by Crippen LogP contribution is 2.39. The summed E-state index contributed by atoms with van der Waals surface area (Å²) in [7, 11) is 7.67. The van der Waals surface area contributed by atoms with Crippen molar-refractivity contribution in [2.24, 2.45) is 5.10 Å². The van der Waals surface area contributed by atoms with E-state index in [0.717, 1.165) is 5.56 Å². The maximum atomic E-state index is 14.5. The highest BCUT2D eigenvalue weighted by Gasteiger charge is 2.36. The van der Waals surface area contributed by atoms with Gasteiger partial charge in [-0.25, -0.2) is 9.40 Å². The van der Waals surface area contributed by atoms with Crippen molar-refractivity contribution < 1.29 is 37.7 Å². The van der Waals surface area contributed by atoms with Gasteiger partial charge < -0.3 is 28.6 Å². The normalized spacial score (nSPS) is 14.3. The zero-order valence-electron chi connectivity index (χ0n) is 24.3. The van der Waals surface area contributed by atoms with Crippen LogP contribution in [0.4, 0.5) is 4.39 Å². The topological polar surface area (TPSA) is 99.1 Å². The first-order valence-electron chi connectivity index (χ1n) is 13.2. The zero-order valence-corrected chi connectivity index (χ0v) is 24.3. The van der Waals surface area contributed by atoms with Crippen molar-refractivity contribution in [1.29, 1.82) is 0 Å². The summed E-state index contributed by atoms with van der Waals surface area (Å²) in [6.07, 6.45) is 0.350. The maximum Gasteiger partial charge on any atom is 0.262 e. The molecule has 0 saturated carbocycles. The van der Waals surface area contributed by atoms with Gasteiger partial charge in [0.25, 0.3) is 11.8 Å². The number of benzene rings is 3. The van der Waals surface area contributed by atoms with Gasteiger partial charge in [0.15, 0.2) is 11.5 Å². The number of hydrogen-bond donors (Lipinski definition) is 0. The average molecular weight is 580 g/mol. The molecule has 1 heterocycles. The Labute approximate surface area is 244 Å². The lowest BCUT2D eigenvalue weighted by Gasteiger charge is -2.27. The summed E-state index contributed by atoms with van der Waals surface area (Å²) in [6.45, 7) is -0.117. The third kappa shape index (κ3) is 6.46. The molecule has 0 N–H and O–H groups in total. The van der Waals surface area contributed by atoms with E-state index in [1.54, 1.807) is 51.7 Å². The van der Waals surface area contributed by atoms with Gasteiger partial charge in [-0.2, -0.15) is 5.10 Å². The van der Waals surface area contributed by atoms with Crippen molar-refractivity contribution in [1.82, 2.24) is 9.91 Å². The molecule has 1 atom stereocenters. The van der Waals surface area contributed by atoms with Gasteiger partial charge in [0.2, 0.25) is 0 Å². The van der Waals surface area contributed by atoms with Crippen LogP contribution in [0, 0.1) is 5.82 Å². The van der Waals surface area contributed by atoms with Crippen LogP contribution in [0.5, 0.6) is 23.0 Å². The third-order valence-electron chi connectivity index (χ3n) is 6.96. The average Bonchev–Trinajstić information content (AvgIpc) is 3.47. The van der Waals surface area contributed by atoms with Crippen LogP contribution < -0.4 is 18.9 Å². The van der Waals surface area contributed by atoms with Gasteiger partial charge in [-0.3, -0.25) is 9.59 Å². The molecule has 0 spiro atoms. The fourth-order valence-electron chi connectivity index (χ4n) is 4.75. The lowest BCUT2D eigenvalue weighted by atomic mass is 9.97. The third-order valence-corrected chi connectivity index (χ3v) is 6.96. The first kappa shape index (κ1) is 30.3. The summed E-state index contributed by atoms with van der Waals surface area (Å²) in [4.78, 5) is 28.5. The predicted octanol–water partition coefficient (Wildman–Crippen LogP) is 4.33. The number of ether oxygens (including phenoxy) is 5. The predicted molar refractivity (Wildman–Crippen MR) is 154 cm³/mol. The van der Waals surface area contributed by atoms with E-state index >= 15 is 0 Å². The Morgan fingerprint density at radius 2 is 1.64 bits per heavy atom. The molecule has 3 aromatic rings. The molecule has 0 bridgehead atoms. The number of amides is 2. The maximum absolute atomic E-state index is 14.5. The lowest BCUT2D eigenvalue weighted by molar-refractivity contribution is -0.133. The minimum Gasteiger partial charge on any atom is -0.497 e. The van der Waals surface area contributed by atoms with Crippen LogP contribution in [0.25, 0.3) is 0 Å². The van der Waals surface area contributed by atoms with Crippen LogP contribution in [0.15, 0.2) is 65.8 Å². The summed E-state index contributed by atoms with van der Waals surface area (Å²) in [5.74, 6) is 0.419. The Kier molecular flexibility index (Phi) is 9.98. The quantitative estimate of drug-likeness (QED) is 0.315. The second kappa shape index (κ2) is 13.8. The van der Waals surface area contributed by atoms with Crippen LogP contribution in [-0.4, -0.2) is 82.7 Å². The fraction of sp³-hybridized carbons (Fsp3) is 0.323. The van der Waals surface area contributed by atoms with E-state index in [2.05, 4.69) is 0 Å². The number of hydrazone groups is 1. The molecule has 0 aliphatic carbocycles. The molecule has 0 fully saturated rings. The molecular weight excluding hydrogens is 545 g/mol. The van der Waals surface area contributed by atoms with Gasteiger partial charge in [0.1, 0.15) is 23.9 Å². The number of nitrogens with zero attached hydrogens (tertiary/aromatic N) is 3. The molecule has 0 radical (unpaired) electrons. The smallest absolute Gasteiger partial charge is 0.262 e. The monoisotopic (exact) mass is 579 g/mol. The second-order valence-corrected chi connectivity index (χ2v) is 9.38. The summed E-state index contributed by atoms with van der Waals surface area (Å²) < 4.78 is 41.5. The Morgan fingerprint density at radius 3 is 2.31 bits per heavy atom. The summed E-state index contributed by atoms with van der Waals surface area (Å²) >= 11 is 0. The van der Waals surface area contributed by atoms with Gasteiger partial charge in [-0.15, -0.1) is 0 Å². The Morgan fingerprint density at radius 1 is 0.905 bits per heavy atom. The molecule has 11 heteroatoms. The molecule has 222 valence electrons. The summed E-state index contributed by atoms with van der Waals surface area (Å²) in [6, 6.07) is 15.9. The summed E-state index contributed by atoms with van der Waals surface area (Å²) in [5, 5.41) is 6.08. The first-order chi connectivity index (χ1) is 20.3. The second-order valence-electron chi connectivity index (χ2n) is 9.38.